The fourth-order valence-corrected chi connectivity index (χ4v) is 3.54. The molecule has 0 aromatic heterocycles. The van der Waals surface area contributed by atoms with Crippen LogP contribution in [-0.4, -0.2) is 29.8 Å². The van der Waals surface area contributed by atoms with Crippen molar-refractivity contribution in [3.05, 3.63) is 71.3 Å². The minimum atomic E-state index is -0.886. The van der Waals surface area contributed by atoms with Gasteiger partial charge < -0.3 is 10.1 Å². The molecule has 6 heteroatoms. The quantitative estimate of drug-likeness (QED) is 0.602. The third-order valence-corrected chi connectivity index (χ3v) is 5.06. The summed E-state index contributed by atoms with van der Waals surface area (Å²) >= 11 is 0. The molecule has 3 rings (SSSR count). The predicted octanol–water partition coefficient (Wildman–Crippen LogP) is 3.42. The lowest BCUT2D eigenvalue weighted by Gasteiger charge is -2.31. The standard InChI is InChI=1S/C23H22N2O4/c24-16-23(13-7-2-8-14-23)25-20(26)15-29-22(28)19-12-6-5-11-18(19)21(27)17-9-3-1-4-10-17/h1,3-6,9-12H,2,7-8,13-15H2,(H,25,26). The number of benzene rings is 2. The molecular formula is C23H22N2O4. The maximum atomic E-state index is 12.7. The SMILES string of the molecule is N#CC1(NC(=O)COC(=O)c2ccccc2C(=O)c2ccccc2)CCCCC1. The van der Waals surface area contributed by atoms with Gasteiger partial charge in [0.05, 0.1) is 11.6 Å². The molecule has 0 spiro atoms. The molecule has 2 aromatic carbocycles. The highest BCUT2D eigenvalue weighted by molar-refractivity contribution is 6.14. The largest absolute Gasteiger partial charge is 0.452 e. The van der Waals surface area contributed by atoms with Gasteiger partial charge in [-0.1, -0.05) is 67.8 Å². The molecule has 0 heterocycles. The summed E-state index contributed by atoms with van der Waals surface area (Å²) < 4.78 is 5.14. The van der Waals surface area contributed by atoms with Crippen molar-refractivity contribution >= 4 is 17.7 Å². The van der Waals surface area contributed by atoms with Crippen molar-refractivity contribution in [3.63, 3.8) is 0 Å². The smallest absolute Gasteiger partial charge is 0.339 e. The first-order valence-corrected chi connectivity index (χ1v) is 9.63. The number of carbonyl (C=O) groups excluding carboxylic acids is 3. The van der Waals surface area contributed by atoms with Crippen molar-refractivity contribution in [2.24, 2.45) is 0 Å². The van der Waals surface area contributed by atoms with Crippen LogP contribution in [-0.2, 0) is 9.53 Å². The summed E-state index contributed by atoms with van der Waals surface area (Å²) in [7, 11) is 0. The molecule has 1 amide bonds. The van der Waals surface area contributed by atoms with Crippen LogP contribution in [0.15, 0.2) is 54.6 Å². The topological polar surface area (TPSA) is 96.3 Å². The van der Waals surface area contributed by atoms with Crippen molar-refractivity contribution < 1.29 is 19.1 Å². The first-order valence-electron chi connectivity index (χ1n) is 9.63. The van der Waals surface area contributed by atoms with E-state index >= 15 is 0 Å². The van der Waals surface area contributed by atoms with Gasteiger partial charge in [0.15, 0.2) is 12.4 Å². The van der Waals surface area contributed by atoms with Crippen LogP contribution in [0.3, 0.4) is 0 Å². The minimum Gasteiger partial charge on any atom is -0.452 e. The third kappa shape index (κ3) is 4.88. The number of ketones is 1. The summed E-state index contributed by atoms with van der Waals surface area (Å²) in [5, 5.41) is 12.1. The Kier molecular flexibility index (Phi) is 6.40. The van der Waals surface area contributed by atoms with Gasteiger partial charge in [-0.2, -0.15) is 5.26 Å². The van der Waals surface area contributed by atoms with Crippen LogP contribution in [0.2, 0.25) is 0 Å². The molecule has 148 valence electrons. The lowest BCUT2D eigenvalue weighted by atomic mass is 9.83. The summed E-state index contributed by atoms with van der Waals surface area (Å²) in [5.74, 6) is -1.57. The fourth-order valence-electron chi connectivity index (χ4n) is 3.54. The highest BCUT2D eigenvalue weighted by atomic mass is 16.5. The number of carbonyl (C=O) groups is 3. The molecule has 1 aliphatic carbocycles. The highest BCUT2D eigenvalue weighted by Gasteiger charge is 2.33. The van der Waals surface area contributed by atoms with Crippen molar-refractivity contribution in [3.8, 4) is 6.07 Å². The molecule has 0 saturated heterocycles. The normalized spacial score (nSPS) is 15.0. The summed E-state index contributed by atoms with van der Waals surface area (Å²) in [4.78, 5) is 37.5. The number of hydrogen-bond donors (Lipinski definition) is 1. The van der Waals surface area contributed by atoms with Crippen molar-refractivity contribution in [1.82, 2.24) is 5.32 Å². The molecule has 1 aliphatic rings. The van der Waals surface area contributed by atoms with E-state index in [1.807, 2.05) is 0 Å². The van der Waals surface area contributed by atoms with Crippen LogP contribution < -0.4 is 5.32 Å². The van der Waals surface area contributed by atoms with E-state index in [2.05, 4.69) is 11.4 Å². The highest BCUT2D eigenvalue weighted by Crippen LogP contribution is 2.27. The molecule has 0 radical (unpaired) electrons. The van der Waals surface area contributed by atoms with Crippen molar-refractivity contribution in [1.29, 1.82) is 5.26 Å². The maximum absolute atomic E-state index is 12.7. The molecule has 1 fully saturated rings. The second kappa shape index (κ2) is 9.16. The molecule has 1 N–H and O–H groups in total. The number of nitrogens with one attached hydrogen (secondary N) is 1. The third-order valence-electron chi connectivity index (χ3n) is 5.06. The van der Waals surface area contributed by atoms with E-state index in [-0.39, 0.29) is 16.9 Å². The zero-order valence-electron chi connectivity index (χ0n) is 16.0. The molecule has 0 bridgehead atoms. The van der Waals surface area contributed by atoms with Crippen molar-refractivity contribution in [2.45, 2.75) is 37.6 Å². The number of hydrogen-bond acceptors (Lipinski definition) is 5. The number of nitriles is 1. The van der Waals surface area contributed by atoms with Crippen LogP contribution in [0, 0.1) is 11.3 Å². The average molecular weight is 390 g/mol. The van der Waals surface area contributed by atoms with Gasteiger partial charge in [-0.25, -0.2) is 4.79 Å². The first kappa shape index (κ1) is 20.3. The Labute approximate surface area is 169 Å². The van der Waals surface area contributed by atoms with E-state index in [0.29, 0.717) is 18.4 Å². The second-order valence-corrected chi connectivity index (χ2v) is 7.12. The van der Waals surface area contributed by atoms with Gasteiger partial charge in [0.2, 0.25) is 0 Å². The van der Waals surface area contributed by atoms with Crippen molar-refractivity contribution in [2.75, 3.05) is 6.61 Å². The Morgan fingerprint density at radius 3 is 2.21 bits per heavy atom. The van der Waals surface area contributed by atoms with Gasteiger partial charge >= 0.3 is 5.97 Å². The molecule has 2 aromatic rings. The van der Waals surface area contributed by atoms with E-state index in [1.165, 1.54) is 6.07 Å². The van der Waals surface area contributed by atoms with E-state index in [1.54, 1.807) is 48.5 Å². The zero-order chi connectivity index (χ0) is 20.7. The van der Waals surface area contributed by atoms with Crippen LogP contribution in [0.4, 0.5) is 0 Å². The van der Waals surface area contributed by atoms with Crippen LogP contribution in [0.5, 0.6) is 0 Å². The fraction of sp³-hybridized carbons (Fsp3) is 0.304. The van der Waals surface area contributed by atoms with E-state index < -0.39 is 24.0 Å². The van der Waals surface area contributed by atoms with E-state index in [9.17, 15) is 19.6 Å². The summed E-state index contributed by atoms with van der Waals surface area (Å²) in [5.41, 5.74) is -0.117. The summed E-state index contributed by atoms with van der Waals surface area (Å²) in [6.45, 7) is -0.504. The molecule has 0 unspecified atom stereocenters. The summed E-state index contributed by atoms with van der Waals surface area (Å²) in [6.07, 6.45) is 3.99. The Bertz CT molecular complexity index is 941. The van der Waals surface area contributed by atoms with Gasteiger partial charge in [0.25, 0.3) is 5.91 Å². The monoisotopic (exact) mass is 390 g/mol. The predicted molar refractivity (Wildman–Crippen MR) is 106 cm³/mol. The molecule has 0 atom stereocenters. The van der Waals surface area contributed by atoms with Gasteiger partial charge in [0, 0.05) is 11.1 Å². The van der Waals surface area contributed by atoms with Gasteiger partial charge in [-0.3, -0.25) is 9.59 Å². The molecule has 1 saturated carbocycles. The average Bonchev–Trinajstić information content (AvgIpc) is 2.78. The molecule has 6 nitrogen and oxygen atoms in total. The summed E-state index contributed by atoms with van der Waals surface area (Å²) in [6, 6.07) is 17.2. The Balaban J connectivity index is 1.66. The molecule has 0 aliphatic heterocycles. The number of nitrogens with zero attached hydrogens (tertiary/aromatic N) is 1. The Morgan fingerprint density at radius 1 is 0.931 bits per heavy atom. The lowest BCUT2D eigenvalue weighted by Crippen LogP contribution is -2.50. The Hall–Kier alpha value is -3.46. The maximum Gasteiger partial charge on any atom is 0.339 e. The van der Waals surface area contributed by atoms with Crippen LogP contribution in [0.1, 0.15) is 58.4 Å². The Morgan fingerprint density at radius 2 is 1.55 bits per heavy atom. The van der Waals surface area contributed by atoms with Crippen LogP contribution in [0.25, 0.3) is 0 Å². The number of esters is 1. The van der Waals surface area contributed by atoms with Gasteiger partial charge in [-0.05, 0) is 18.9 Å². The zero-order valence-corrected chi connectivity index (χ0v) is 16.0. The lowest BCUT2D eigenvalue weighted by molar-refractivity contribution is -0.125. The second-order valence-electron chi connectivity index (χ2n) is 7.12. The minimum absolute atomic E-state index is 0.0989. The molecular weight excluding hydrogens is 368 g/mol. The number of rotatable bonds is 6. The van der Waals surface area contributed by atoms with Gasteiger partial charge in [-0.15, -0.1) is 0 Å². The number of amides is 1. The van der Waals surface area contributed by atoms with E-state index in [4.69, 9.17) is 4.74 Å². The number of ether oxygens (including phenoxy) is 1. The molecule has 29 heavy (non-hydrogen) atoms. The van der Waals surface area contributed by atoms with Crippen LogP contribution >= 0.6 is 0 Å². The van der Waals surface area contributed by atoms with E-state index in [0.717, 1.165) is 19.3 Å². The van der Waals surface area contributed by atoms with Gasteiger partial charge in [0.1, 0.15) is 5.54 Å². The first-order chi connectivity index (χ1) is 14.0.